The number of rotatable bonds is 2. The Balaban J connectivity index is 2.06. The monoisotopic (exact) mass is 295 g/mol. The lowest BCUT2D eigenvalue weighted by Gasteiger charge is -2.26. The third-order valence-electron chi connectivity index (χ3n) is 3.32. The normalized spacial score (nSPS) is 15.6. The van der Waals surface area contributed by atoms with E-state index >= 15 is 0 Å². The van der Waals surface area contributed by atoms with Crippen LogP contribution in [0.15, 0.2) is 18.2 Å². The van der Waals surface area contributed by atoms with Gasteiger partial charge in [-0.25, -0.2) is 4.39 Å². The molecule has 106 valence electrons. The summed E-state index contributed by atoms with van der Waals surface area (Å²) in [5.41, 5.74) is 0. The van der Waals surface area contributed by atoms with Crippen LogP contribution in [-0.4, -0.2) is 44.2 Å². The lowest BCUT2D eigenvalue weighted by atomic mass is 10.2. The molecule has 0 unspecified atom stereocenters. The molecule has 4 nitrogen and oxygen atoms in total. The first kappa shape index (κ1) is 13.3. The molecule has 20 heavy (non-hydrogen) atoms. The Morgan fingerprint density at radius 3 is 2.85 bits per heavy atom. The smallest absolute Gasteiger partial charge is 0.267 e. The molecule has 1 aromatic carbocycles. The lowest BCUT2D eigenvalue weighted by Crippen LogP contribution is -2.40. The standard InChI is InChI=1S/C14H14FNO3S/c1-18-12-11-9(15)3-2-4-10(11)20-13(12)14(17)16-5-7-19-8-6-16/h2-4H,5-8H2,1H3. The lowest BCUT2D eigenvalue weighted by molar-refractivity contribution is 0.0304. The Morgan fingerprint density at radius 1 is 1.40 bits per heavy atom. The van der Waals surface area contributed by atoms with Gasteiger partial charge in [-0.2, -0.15) is 0 Å². The Labute approximate surface area is 119 Å². The Bertz CT molecular complexity index is 649. The molecular weight excluding hydrogens is 281 g/mol. The fourth-order valence-corrected chi connectivity index (χ4v) is 3.48. The van der Waals surface area contributed by atoms with Gasteiger partial charge in [-0.15, -0.1) is 11.3 Å². The number of fused-ring (bicyclic) bond motifs is 1. The molecule has 0 radical (unpaired) electrons. The largest absolute Gasteiger partial charge is 0.494 e. The van der Waals surface area contributed by atoms with Crippen LogP contribution in [0.2, 0.25) is 0 Å². The quantitative estimate of drug-likeness (QED) is 0.854. The number of amides is 1. The van der Waals surface area contributed by atoms with Crippen molar-refractivity contribution in [3.05, 3.63) is 28.9 Å². The maximum atomic E-state index is 13.9. The fraction of sp³-hybridized carbons (Fsp3) is 0.357. The van der Waals surface area contributed by atoms with E-state index in [4.69, 9.17) is 9.47 Å². The van der Waals surface area contributed by atoms with Crippen LogP contribution >= 0.6 is 11.3 Å². The van der Waals surface area contributed by atoms with Gasteiger partial charge in [-0.3, -0.25) is 4.79 Å². The van der Waals surface area contributed by atoms with E-state index < -0.39 is 0 Å². The van der Waals surface area contributed by atoms with Crippen molar-refractivity contribution >= 4 is 27.3 Å². The molecule has 6 heteroatoms. The summed E-state index contributed by atoms with van der Waals surface area (Å²) >= 11 is 1.27. The second-order valence-electron chi connectivity index (χ2n) is 4.48. The average Bonchev–Trinajstić information content (AvgIpc) is 2.87. The molecule has 0 N–H and O–H groups in total. The van der Waals surface area contributed by atoms with Gasteiger partial charge in [0.25, 0.3) is 5.91 Å². The van der Waals surface area contributed by atoms with Crippen molar-refractivity contribution in [3.8, 4) is 5.75 Å². The van der Waals surface area contributed by atoms with E-state index in [9.17, 15) is 9.18 Å². The number of methoxy groups -OCH3 is 1. The van der Waals surface area contributed by atoms with Gasteiger partial charge in [-0.1, -0.05) is 6.07 Å². The molecule has 1 fully saturated rings. The number of carbonyl (C=O) groups excluding carboxylic acids is 1. The van der Waals surface area contributed by atoms with Crippen LogP contribution in [0.25, 0.3) is 10.1 Å². The zero-order valence-electron chi connectivity index (χ0n) is 11.0. The average molecular weight is 295 g/mol. The SMILES string of the molecule is COc1c(C(=O)N2CCOCC2)sc2cccc(F)c12. The Morgan fingerprint density at radius 2 is 2.15 bits per heavy atom. The Kier molecular flexibility index (Phi) is 3.58. The van der Waals surface area contributed by atoms with Gasteiger partial charge in [-0.05, 0) is 12.1 Å². The molecule has 2 heterocycles. The van der Waals surface area contributed by atoms with Gasteiger partial charge in [0.2, 0.25) is 0 Å². The van der Waals surface area contributed by atoms with Crippen molar-refractivity contribution < 1.29 is 18.7 Å². The molecule has 0 aliphatic carbocycles. The minimum Gasteiger partial charge on any atom is -0.494 e. The highest BCUT2D eigenvalue weighted by atomic mass is 32.1. The highest BCUT2D eigenvalue weighted by Crippen LogP contribution is 2.39. The molecule has 0 saturated carbocycles. The summed E-state index contributed by atoms with van der Waals surface area (Å²) in [6.07, 6.45) is 0. The number of nitrogens with zero attached hydrogens (tertiary/aromatic N) is 1. The molecule has 0 atom stereocenters. The summed E-state index contributed by atoms with van der Waals surface area (Å²) in [4.78, 5) is 14.7. The minimum atomic E-state index is -0.364. The number of carbonyl (C=O) groups is 1. The van der Waals surface area contributed by atoms with Gasteiger partial charge in [0.05, 0.1) is 25.7 Å². The third-order valence-corrected chi connectivity index (χ3v) is 4.44. The highest BCUT2D eigenvalue weighted by molar-refractivity contribution is 7.21. The van der Waals surface area contributed by atoms with Gasteiger partial charge in [0.1, 0.15) is 10.7 Å². The fourth-order valence-electron chi connectivity index (χ4n) is 2.33. The second-order valence-corrected chi connectivity index (χ2v) is 5.53. The maximum Gasteiger partial charge on any atom is 0.267 e. The molecule has 0 bridgehead atoms. The molecule has 1 saturated heterocycles. The first-order valence-corrected chi connectivity index (χ1v) is 7.16. The summed E-state index contributed by atoms with van der Waals surface area (Å²) < 4.78 is 25.2. The number of halogens is 1. The molecule has 0 spiro atoms. The molecule has 2 aromatic rings. The van der Waals surface area contributed by atoms with E-state index in [-0.39, 0.29) is 11.7 Å². The van der Waals surface area contributed by atoms with Crippen LogP contribution in [-0.2, 0) is 4.74 Å². The van der Waals surface area contributed by atoms with E-state index in [1.165, 1.54) is 24.5 Å². The van der Waals surface area contributed by atoms with E-state index in [0.29, 0.717) is 42.3 Å². The number of hydrogen-bond donors (Lipinski definition) is 0. The summed E-state index contributed by atoms with van der Waals surface area (Å²) in [6.45, 7) is 2.18. The summed E-state index contributed by atoms with van der Waals surface area (Å²) in [6, 6.07) is 4.80. The predicted molar refractivity (Wildman–Crippen MR) is 75.1 cm³/mol. The predicted octanol–water partition coefficient (Wildman–Crippen LogP) is 2.52. The minimum absolute atomic E-state index is 0.120. The maximum absolute atomic E-state index is 13.9. The topological polar surface area (TPSA) is 38.8 Å². The van der Waals surface area contributed by atoms with Crippen LogP contribution in [0.5, 0.6) is 5.75 Å². The van der Waals surface area contributed by atoms with Crippen molar-refractivity contribution in [1.29, 1.82) is 0 Å². The molecule has 1 aliphatic rings. The van der Waals surface area contributed by atoms with Crippen molar-refractivity contribution in [3.63, 3.8) is 0 Å². The number of hydrogen-bond acceptors (Lipinski definition) is 4. The molecule has 1 amide bonds. The van der Waals surface area contributed by atoms with Crippen molar-refractivity contribution in [2.75, 3.05) is 33.4 Å². The van der Waals surface area contributed by atoms with E-state index in [1.807, 2.05) is 0 Å². The third kappa shape index (κ3) is 2.14. The van der Waals surface area contributed by atoms with Crippen LogP contribution in [0, 0.1) is 5.82 Å². The molecule has 3 rings (SSSR count). The van der Waals surface area contributed by atoms with Gasteiger partial charge in [0, 0.05) is 17.8 Å². The van der Waals surface area contributed by atoms with Crippen molar-refractivity contribution in [2.45, 2.75) is 0 Å². The zero-order chi connectivity index (χ0) is 14.1. The van der Waals surface area contributed by atoms with Crippen LogP contribution in [0.4, 0.5) is 4.39 Å². The molecule has 1 aromatic heterocycles. The summed E-state index contributed by atoms with van der Waals surface area (Å²) in [7, 11) is 1.46. The number of benzene rings is 1. The number of thiophene rings is 1. The van der Waals surface area contributed by atoms with E-state index in [0.717, 1.165) is 4.70 Å². The van der Waals surface area contributed by atoms with E-state index in [2.05, 4.69) is 0 Å². The van der Waals surface area contributed by atoms with E-state index in [1.54, 1.807) is 17.0 Å². The van der Waals surface area contributed by atoms with Crippen LogP contribution < -0.4 is 4.74 Å². The molecular formula is C14H14FNO3S. The zero-order valence-corrected chi connectivity index (χ0v) is 11.8. The first-order valence-electron chi connectivity index (χ1n) is 6.34. The number of ether oxygens (including phenoxy) is 2. The number of morpholine rings is 1. The van der Waals surface area contributed by atoms with Crippen molar-refractivity contribution in [1.82, 2.24) is 4.90 Å². The van der Waals surface area contributed by atoms with Crippen LogP contribution in [0.3, 0.4) is 0 Å². The van der Waals surface area contributed by atoms with Gasteiger partial charge >= 0.3 is 0 Å². The first-order chi connectivity index (χ1) is 9.72. The summed E-state index contributed by atoms with van der Waals surface area (Å²) in [5.74, 6) is -0.151. The summed E-state index contributed by atoms with van der Waals surface area (Å²) in [5, 5.41) is 0.386. The van der Waals surface area contributed by atoms with Crippen LogP contribution in [0.1, 0.15) is 9.67 Å². The van der Waals surface area contributed by atoms with Gasteiger partial charge in [0.15, 0.2) is 5.75 Å². The second kappa shape index (κ2) is 5.38. The van der Waals surface area contributed by atoms with Crippen molar-refractivity contribution in [2.24, 2.45) is 0 Å². The Hall–Kier alpha value is -1.66. The van der Waals surface area contributed by atoms with Gasteiger partial charge < -0.3 is 14.4 Å². The highest BCUT2D eigenvalue weighted by Gasteiger charge is 2.26. The molecule has 1 aliphatic heterocycles.